The average molecular weight is 377 g/mol. The topological polar surface area (TPSA) is 0 Å². The Labute approximate surface area is 102 Å². The summed E-state index contributed by atoms with van der Waals surface area (Å²) in [5.41, 5.74) is 1.19. The minimum atomic E-state index is 0.228. The van der Waals surface area contributed by atoms with Crippen molar-refractivity contribution in [3.05, 3.63) is 34.9 Å². The minimum Gasteiger partial charge on any atom is -0.0843 e. The van der Waals surface area contributed by atoms with E-state index in [4.69, 9.17) is 11.6 Å². The molecular formula is C8H6Br3Cl. The van der Waals surface area contributed by atoms with E-state index in [1.165, 1.54) is 5.56 Å². The van der Waals surface area contributed by atoms with Crippen LogP contribution >= 0.6 is 59.4 Å². The Kier molecular flexibility index (Phi) is 4.58. The molecule has 0 aliphatic heterocycles. The van der Waals surface area contributed by atoms with Crippen LogP contribution in [0.5, 0.6) is 0 Å². The molecule has 0 aromatic heterocycles. The van der Waals surface area contributed by atoms with Crippen molar-refractivity contribution in [3.8, 4) is 0 Å². The summed E-state index contributed by atoms with van der Waals surface area (Å²) in [5, 5.41) is 0.763. The summed E-state index contributed by atoms with van der Waals surface area (Å²) in [7, 11) is 0. The van der Waals surface area contributed by atoms with E-state index in [1.807, 2.05) is 24.3 Å². The molecule has 0 aliphatic carbocycles. The van der Waals surface area contributed by atoms with Gasteiger partial charge in [0.25, 0.3) is 0 Å². The third-order valence-corrected chi connectivity index (χ3v) is 5.20. The molecule has 0 spiro atoms. The lowest BCUT2D eigenvalue weighted by Crippen LogP contribution is -1.96. The van der Waals surface area contributed by atoms with Gasteiger partial charge in [-0.05, 0) is 17.7 Å². The first-order chi connectivity index (χ1) is 5.61. The van der Waals surface area contributed by atoms with Gasteiger partial charge in [-0.1, -0.05) is 71.5 Å². The van der Waals surface area contributed by atoms with Crippen molar-refractivity contribution in [2.45, 2.75) is 8.56 Å². The Morgan fingerprint density at radius 2 is 1.50 bits per heavy atom. The Morgan fingerprint density at radius 1 is 1.00 bits per heavy atom. The third-order valence-electron chi connectivity index (χ3n) is 1.41. The second kappa shape index (κ2) is 4.99. The first kappa shape index (κ1) is 11.0. The number of alkyl halides is 3. The molecule has 1 aromatic carbocycles. The smallest absolute Gasteiger partial charge is 0.0843 e. The molecule has 4 heteroatoms. The lowest BCUT2D eigenvalue weighted by Gasteiger charge is -2.10. The number of hydrogen-bond acceptors (Lipinski definition) is 0. The normalized spacial score (nSPS) is 13.4. The van der Waals surface area contributed by atoms with Crippen LogP contribution in [0.3, 0.4) is 0 Å². The first-order valence-corrected chi connectivity index (χ1v) is 6.41. The zero-order valence-electron chi connectivity index (χ0n) is 5.98. The van der Waals surface area contributed by atoms with Gasteiger partial charge in [0.1, 0.15) is 0 Å². The molecule has 0 saturated carbocycles. The average Bonchev–Trinajstić information content (AvgIpc) is 2.04. The van der Waals surface area contributed by atoms with Crippen molar-refractivity contribution in [2.75, 3.05) is 0 Å². The predicted molar refractivity (Wildman–Crippen MR) is 64.8 cm³/mol. The van der Waals surface area contributed by atoms with E-state index in [2.05, 4.69) is 47.8 Å². The Hall–Kier alpha value is 0.950. The van der Waals surface area contributed by atoms with E-state index < -0.39 is 0 Å². The van der Waals surface area contributed by atoms with Crippen molar-refractivity contribution >= 4 is 59.4 Å². The van der Waals surface area contributed by atoms with Gasteiger partial charge in [0.2, 0.25) is 0 Å². The molecule has 0 N–H and O–H groups in total. The van der Waals surface area contributed by atoms with E-state index in [1.54, 1.807) is 0 Å². The van der Waals surface area contributed by atoms with Crippen molar-refractivity contribution < 1.29 is 0 Å². The van der Waals surface area contributed by atoms with Crippen molar-refractivity contribution in [1.29, 1.82) is 0 Å². The standard InChI is InChI=1S/C8H6Br3Cl/c9-7(8(10)11)5-1-3-6(12)4-2-5/h1-4,7-8H. The number of halogens is 4. The maximum absolute atomic E-state index is 5.76. The van der Waals surface area contributed by atoms with Gasteiger partial charge in [-0.3, -0.25) is 0 Å². The molecule has 66 valence electrons. The van der Waals surface area contributed by atoms with Gasteiger partial charge in [0.15, 0.2) is 0 Å². The molecule has 0 radical (unpaired) electrons. The fourth-order valence-corrected chi connectivity index (χ4v) is 1.83. The highest BCUT2D eigenvalue weighted by Crippen LogP contribution is 2.34. The number of rotatable bonds is 2. The van der Waals surface area contributed by atoms with Crippen LogP contribution in [0.4, 0.5) is 0 Å². The SMILES string of the molecule is Clc1ccc(C(Br)C(Br)Br)cc1. The molecule has 0 amide bonds. The molecule has 0 nitrogen and oxygen atoms in total. The molecule has 0 saturated heterocycles. The van der Waals surface area contributed by atoms with Gasteiger partial charge >= 0.3 is 0 Å². The molecule has 1 atom stereocenters. The quantitative estimate of drug-likeness (QED) is 0.644. The highest BCUT2D eigenvalue weighted by atomic mass is 79.9. The van der Waals surface area contributed by atoms with Gasteiger partial charge < -0.3 is 0 Å². The molecule has 1 rings (SSSR count). The lowest BCUT2D eigenvalue weighted by molar-refractivity contribution is 1.12. The molecule has 0 fully saturated rings. The van der Waals surface area contributed by atoms with Gasteiger partial charge in [-0.25, -0.2) is 0 Å². The Bertz CT molecular complexity index is 245. The largest absolute Gasteiger partial charge is 0.0863 e. The van der Waals surface area contributed by atoms with Crippen molar-refractivity contribution in [1.82, 2.24) is 0 Å². The summed E-state index contributed by atoms with van der Waals surface area (Å²) >= 11 is 16.2. The lowest BCUT2D eigenvalue weighted by atomic mass is 10.2. The van der Waals surface area contributed by atoms with Crippen LogP contribution in [0.2, 0.25) is 5.02 Å². The van der Waals surface area contributed by atoms with E-state index >= 15 is 0 Å². The molecule has 0 aliphatic rings. The number of hydrogen-bond donors (Lipinski definition) is 0. The zero-order chi connectivity index (χ0) is 9.14. The van der Waals surface area contributed by atoms with E-state index in [-0.39, 0.29) is 8.56 Å². The minimum absolute atomic E-state index is 0.228. The van der Waals surface area contributed by atoms with Crippen molar-refractivity contribution in [3.63, 3.8) is 0 Å². The zero-order valence-corrected chi connectivity index (χ0v) is 11.5. The fourth-order valence-electron chi connectivity index (χ4n) is 0.792. The highest BCUT2D eigenvalue weighted by Gasteiger charge is 2.13. The first-order valence-electron chi connectivity index (χ1n) is 3.29. The molecule has 0 bridgehead atoms. The molecule has 1 aromatic rings. The summed E-state index contributed by atoms with van der Waals surface area (Å²) in [4.78, 5) is 0.259. The Balaban J connectivity index is 2.82. The second-order valence-electron chi connectivity index (χ2n) is 2.29. The molecule has 1 unspecified atom stereocenters. The molecular weight excluding hydrogens is 371 g/mol. The summed E-state index contributed by atoms with van der Waals surface area (Å²) in [6.45, 7) is 0. The molecule has 0 heterocycles. The maximum atomic E-state index is 5.76. The monoisotopic (exact) mass is 374 g/mol. The fraction of sp³-hybridized carbons (Fsp3) is 0.250. The van der Waals surface area contributed by atoms with E-state index in [0.29, 0.717) is 0 Å². The van der Waals surface area contributed by atoms with Crippen LogP contribution in [-0.4, -0.2) is 3.74 Å². The van der Waals surface area contributed by atoms with Crippen LogP contribution in [0.25, 0.3) is 0 Å². The maximum Gasteiger partial charge on any atom is 0.0863 e. The van der Waals surface area contributed by atoms with Crippen LogP contribution in [-0.2, 0) is 0 Å². The van der Waals surface area contributed by atoms with Gasteiger partial charge in [0, 0.05) is 5.02 Å². The summed E-state index contributed by atoms with van der Waals surface area (Å²) in [5.74, 6) is 0. The van der Waals surface area contributed by atoms with Crippen LogP contribution < -0.4 is 0 Å². The van der Waals surface area contributed by atoms with E-state index in [0.717, 1.165) is 5.02 Å². The number of benzene rings is 1. The summed E-state index contributed by atoms with van der Waals surface area (Å²) in [6.07, 6.45) is 0. The summed E-state index contributed by atoms with van der Waals surface area (Å²) in [6, 6.07) is 7.76. The van der Waals surface area contributed by atoms with Gasteiger partial charge in [-0.2, -0.15) is 0 Å². The van der Waals surface area contributed by atoms with Crippen molar-refractivity contribution in [2.24, 2.45) is 0 Å². The predicted octanol–water partition coefficient (Wildman–Crippen LogP) is 4.89. The van der Waals surface area contributed by atoms with Crippen LogP contribution in [0.1, 0.15) is 10.4 Å². The Morgan fingerprint density at radius 3 is 1.92 bits per heavy atom. The third kappa shape index (κ3) is 3.02. The van der Waals surface area contributed by atoms with Crippen LogP contribution in [0, 0.1) is 0 Å². The van der Waals surface area contributed by atoms with E-state index in [9.17, 15) is 0 Å². The second-order valence-corrected chi connectivity index (χ2v) is 6.91. The van der Waals surface area contributed by atoms with Gasteiger partial charge in [-0.15, -0.1) is 0 Å². The van der Waals surface area contributed by atoms with Crippen LogP contribution in [0.15, 0.2) is 24.3 Å². The van der Waals surface area contributed by atoms with Gasteiger partial charge in [0.05, 0.1) is 8.56 Å². The molecule has 12 heavy (non-hydrogen) atoms. The highest BCUT2D eigenvalue weighted by molar-refractivity contribution is 9.25. The summed E-state index contributed by atoms with van der Waals surface area (Å²) < 4.78 is 0.228.